The van der Waals surface area contributed by atoms with Crippen LogP contribution in [-0.4, -0.2) is 31.9 Å². The fourth-order valence-electron chi connectivity index (χ4n) is 2.14. The predicted octanol–water partition coefficient (Wildman–Crippen LogP) is 1.63. The van der Waals surface area contributed by atoms with Crippen LogP contribution < -0.4 is 10.5 Å². The molecule has 21 heavy (non-hydrogen) atoms. The first-order chi connectivity index (χ1) is 9.73. The number of benzene rings is 1. The van der Waals surface area contributed by atoms with E-state index in [1.807, 2.05) is 0 Å². The molecule has 0 atom stereocenters. The van der Waals surface area contributed by atoms with E-state index in [4.69, 9.17) is 17.3 Å². The molecule has 3 N–H and O–H groups in total. The highest BCUT2D eigenvalue weighted by Crippen LogP contribution is 2.28. The first-order valence-corrected chi connectivity index (χ1v) is 8.48. The molecule has 0 aliphatic heterocycles. The Morgan fingerprint density at radius 1 is 1.48 bits per heavy atom. The first kappa shape index (κ1) is 16.6. The van der Waals surface area contributed by atoms with Gasteiger partial charge in [-0.25, -0.2) is 9.11 Å². The van der Waals surface area contributed by atoms with E-state index in [0.717, 1.165) is 23.6 Å². The summed E-state index contributed by atoms with van der Waals surface area (Å²) in [5, 5.41) is 0.200. The lowest BCUT2D eigenvalue weighted by atomic mass is 9.78. The Balaban J connectivity index is 2.02. The average molecular weight is 336 g/mol. The van der Waals surface area contributed by atoms with Crippen molar-refractivity contribution in [3.8, 4) is 0 Å². The topological polar surface area (TPSA) is 75.4 Å². The molecule has 118 valence electrons. The maximum atomic E-state index is 13.7. The predicted molar refractivity (Wildman–Crippen MR) is 80.6 cm³/mol. The lowest BCUT2D eigenvalue weighted by Crippen LogP contribution is -2.56. The average Bonchev–Trinajstić information content (AvgIpc) is 2.38. The van der Waals surface area contributed by atoms with Gasteiger partial charge in [0.2, 0.25) is 0 Å². The lowest BCUT2D eigenvalue weighted by Gasteiger charge is -2.38. The summed E-state index contributed by atoms with van der Waals surface area (Å²) in [4.78, 5) is 0. The van der Waals surface area contributed by atoms with E-state index in [0.29, 0.717) is 0 Å². The number of nitrogens with one attached hydrogen (secondary N) is 1. The van der Waals surface area contributed by atoms with Gasteiger partial charge >= 0.3 is 0 Å². The molecule has 0 spiro atoms. The highest BCUT2D eigenvalue weighted by atomic mass is 35.5. The second kappa shape index (κ2) is 6.18. The van der Waals surface area contributed by atoms with Crippen molar-refractivity contribution in [3.63, 3.8) is 0 Å². The Kier molecular flexibility index (Phi) is 4.89. The summed E-state index contributed by atoms with van der Waals surface area (Å²) in [5.41, 5.74) is 5.68. The van der Waals surface area contributed by atoms with Crippen molar-refractivity contribution in [2.24, 2.45) is 5.73 Å². The molecule has 0 amide bonds. The van der Waals surface area contributed by atoms with E-state index in [2.05, 4.69) is 4.72 Å². The first-order valence-electron chi connectivity index (χ1n) is 6.66. The zero-order chi connectivity index (χ0) is 15.7. The van der Waals surface area contributed by atoms with Crippen LogP contribution in [0.25, 0.3) is 0 Å². The summed E-state index contributed by atoms with van der Waals surface area (Å²) in [5.74, 6) is -0.529. The third-order valence-electron chi connectivity index (χ3n) is 3.81. The molecule has 1 saturated carbocycles. The molecule has 0 unspecified atom stereocenters. The van der Waals surface area contributed by atoms with Crippen LogP contribution in [0.1, 0.15) is 24.8 Å². The van der Waals surface area contributed by atoms with Crippen molar-refractivity contribution in [3.05, 3.63) is 34.6 Å². The minimum Gasteiger partial charge on any atom is -0.324 e. The van der Waals surface area contributed by atoms with Gasteiger partial charge < -0.3 is 5.73 Å². The largest absolute Gasteiger partial charge is 0.324 e. The molecule has 8 heteroatoms. The minimum atomic E-state index is -3.72. The van der Waals surface area contributed by atoms with Gasteiger partial charge in [-0.1, -0.05) is 17.7 Å². The van der Waals surface area contributed by atoms with Crippen molar-refractivity contribution in [2.75, 3.05) is 13.6 Å². The van der Waals surface area contributed by atoms with Crippen LogP contribution in [0.15, 0.2) is 18.2 Å². The van der Waals surface area contributed by atoms with Crippen molar-refractivity contribution in [1.82, 2.24) is 9.03 Å². The van der Waals surface area contributed by atoms with E-state index < -0.39 is 21.6 Å². The molecule has 1 aliphatic carbocycles. The fraction of sp³-hybridized carbons (Fsp3) is 0.538. The van der Waals surface area contributed by atoms with Crippen LogP contribution >= 0.6 is 11.6 Å². The van der Waals surface area contributed by atoms with E-state index in [1.54, 1.807) is 0 Å². The van der Waals surface area contributed by atoms with E-state index in [1.165, 1.54) is 25.2 Å². The van der Waals surface area contributed by atoms with Gasteiger partial charge in [-0.2, -0.15) is 12.7 Å². The quantitative estimate of drug-likeness (QED) is 0.829. The van der Waals surface area contributed by atoms with Crippen LogP contribution in [0.5, 0.6) is 0 Å². The zero-order valence-electron chi connectivity index (χ0n) is 11.8. The number of halogens is 2. The standard InChI is InChI=1S/C13H19ClFN3O2S/c1-18(8-10-11(14)4-2-5-12(10)15)21(19,20)17-9-13(16)6-3-7-13/h2,4-5,17H,3,6-9,16H2,1H3. The lowest BCUT2D eigenvalue weighted by molar-refractivity contribution is 0.249. The van der Waals surface area contributed by atoms with Crippen LogP contribution in [0.3, 0.4) is 0 Å². The number of hydrogen-bond donors (Lipinski definition) is 2. The number of hydrogen-bond acceptors (Lipinski definition) is 3. The molecule has 2 rings (SSSR count). The Morgan fingerprint density at radius 3 is 2.67 bits per heavy atom. The van der Waals surface area contributed by atoms with Crippen molar-refractivity contribution in [2.45, 2.75) is 31.3 Å². The number of nitrogens with zero attached hydrogens (tertiary/aromatic N) is 1. The molecular weight excluding hydrogens is 317 g/mol. The summed E-state index contributed by atoms with van der Waals surface area (Å²) in [7, 11) is -2.35. The van der Waals surface area contributed by atoms with Crippen LogP contribution in [-0.2, 0) is 16.8 Å². The Bertz CT molecular complexity index is 600. The van der Waals surface area contributed by atoms with Gasteiger partial charge in [-0.3, -0.25) is 0 Å². The van der Waals surface area contributed by atoms with Crippen molar-refractivity contribution < 1.29 is 12.8 Å². The Labute approximate surface area is 129 Å². The van der Waals surface area contributed by atoms with Crippen molar-refractivity contribution in [1.29, 1.82) is 0 Å². The normalized spacial score (nSPS) is 17.8. The van der Waals surface area contributed by atoms with Gasteiger partial charge in [0.05, 0.1) is 0 Å². The number of nitrogens with two attached hydrogens (primary N) is 1. The molecule has 1 aromatic rings. The molecule has 1 aliphatic rings. The zero-order valence-corrected chi connectivity index (χ0v) is 13.3. The molecule has 1 aromatic carbocycles. The molecule has 0 saturated heterocycles. The second-order valence-corrected chi connectivity index (χ2v) is 7.77. The van der Waals surface area contributed by atoms with E-state index in [9.17, 15) is 12.8 Å². The summed E-state index contributed by atoms with van der Waals surface area (Å²) >= 11 is 5.90. The minimum absolute atomic E-state index is 0.140. The molecule has 0 bridgehead atoms. The molecule has 1 fully saturated rings. The van der Waals surface area contributed by atoms with Crippen molar-refractivity contribution >= 4 is 21.8 Å². The fourth-order valence-corrected chi connectivity index (χ4v) is 3.36. The van der Waals surface area contributed by atoms with Gasteiger partial charge in [0.1, 0.15) is 5.82 Å². The third kappa shape index (κ3) is 3.92. The monoisotopic (exact) mass is 335 g/mol. The van der Waals surface area contributed by atoms with Gasteiger partial charge in [0.15, 0.2) is 0 Å². The van der Waals surface area contributed by atoms with Gasteiger partial charge in [0, 0.05) is 36.3 Å². The second-order valence-electron chi connectivity index (χ2n) is 5.50. The molecular formula is C13H19ClFN3O2S. The maximum absolute atomic E-state index is 13.7. The van der Waals surface area contributed by atoms with Crippen LogP contribution in [0.4, 0.5) is 4.39 Å². The summed E-state index contributed by atoms with van der Waals surface area (Å²) in [6.45, 7) is 0.0447. The molecule has 0 heterocycles. The highest BCUT2D eigenvalue weighted by Gasteiger charge is 2.34. The maximum Gasteiger partial charge on any atom is 0.279 e. The van der Waals surface area contributed by atoms with Crippen LogP contribution in [0, 0.1) is 5.82 Å². The van der Waals surface area contributed by atoms with E-state index in [-0.39, 0.29) is 23.7 Å². The Morgan fingerprint density at radius 2 is 2.14 bits per heavy atom. The molecule has 0 radical (unpaired) electrons. The summed E-state index contributed by atoms with van der Waals surface area (Å²) in [6, 6.07) is 4.25. The molecule has 5 nitrogen and oxygen atoms in total. The van der Waals surface area contributed by atoms with Crippen LogP contribution in [0.2, 0.25) is 5.02 Å². The summed E-state index contributed by atoms with van der Waals surface area (Å²) in [6.07, 6.45) is 2.62. The highest BCUT2D eigenvalue weighted by molar-refractivity contribution is 7.87. The van der Waals surface area contributed by atoms with Gasteiger partial charge in [-0.15, -0.1) is 0 Å². The summed E-state index contributed by atoms with van der Waals surface area (Å²) < 4.78 is 41.5. The third-order valence-corrected chi connectivity index (χ3v) is 5.62. The smallest absolute Gasteiger partial charge is 0.279 e. The SMILES string of the molecule is CN(Cc1c(F)cccc1Cl)S(=O)(=O)NCC1(N)CCC1. The van der Waals surface area contributed by atoms with Gasteiger partial charge in [0.25, 0.3) is 10.2 Å². The Hall–Kier alpha value is -0.730. The number of rotatable bonds is 6. The van der Waals surface area contributed by atoms with Gasteiger partial charge in [-0.05, 0) is 31.4 Å². The molecule has 0 aromatic heterocycles. The van der Waals surface area contributed by atoms with E-state index >= 15 is 0 Å².